The molecule has 0 spiro atoms. The fourth-order valence-corrected chi connectivity index (χ4v) is 3.44. The second-order valence-electron chi connectivity index (χ2n) is 6.87. The molecule has 23 heavy (non-hydrogen) atoms. The minimum absolute atomic E-state index is 0.216. The first-order valence-corrected chi connectivity index (χ1v) is 8.88. The first kappa shape index (κ1) is 16.2. The summed E-state index contributed by atoms with van der Waals surface area (Å²) in [4.78, 5) is 21.4. The Kier molecular flexibility index (Phi) is 5.49. The van der Waals surface area contributed by atoms with E-state index < -0.39 is 0 Å². The Bertz CT molecular complexity index is 502. The van der Waals surface area contributed by atoms with Gasteiger partial charge in [0.25, 0.3) is 0 Å². The van der Waals surface area contributed by atoms with Gasteiger partial charge in [-0.3, -0.25) is 4.79 Å². The summed E-state index contributed by atoms with van der Waals surface area (Å²) in [6, 6.07) is 4.16. The quantitative estimate of drug-likeness (QED) is 0.923. The number of nitrogens with zero attached hydrogens (tertiary/aromatic N) is 3. The maximum absolute atomic E-state index is 12.2. The van der Waals surface area contributed by atoms with Gasteiger partial charge in [-0.1, -0.05) is 25.3 Å². The molecule has 1 aliphatic carbocycles. The lowest BCUT2D eigenvalue weighted by Gasteiger charge is -2.33. The van der Waals surface area contributed by atoms with Crippen LogP contribution in [0.15, 0.2) is 18.3 Å². The number of hydrogen-bond donors (Lipinski definition) is 1. The molecule has 1 aliphatic heterocycles. The Balaban J connectivity index is 1.48. The van der Waals surface area contributed by atoms with Crippen molar-refractivity contribution < 1.29 is 4.79 Å². The van der Waals surface area contributed by atoms with Crippen LogP contribution in [0.5, 0.6) is 0 Å². The largest absolute Gasteiger partial charge is 0.354 e. The van der Waals surface area contributed by atoms with Crippen molar-refractivity contribution in [2.24, 2.45) is 5.92 Å². The highest BCUT2D eigenvalue weighted by Crippen LogP contribution is 2.23. The van der Waals surface area contributed by atoms with Gasteiger partial charge in [0.05, 0.1) is 0 Å². The zero-order valence-electron chi connectivity index (χ0n) is 14.1. The van der Waals surface area contributed by atoms with Crippen molar-refractivity contribution in [2.75, 3.05) is 38.1 Å². The number of likely N-dealkylation sites (N-methyl/N-ethyl adjacent to an activating group) is 1. The lowest BCUT2D eigenvalue weighted by Crippen LogP contribution is -2.44. The minimum atomic E-state index is 0.216. The zero-order chi connectivity index (χ0) is 16.1. The molecule has 3 rings (SSSR count). The molecule has 5 nitrogen and oxygen atoms in total. The van der Waals surface area contributed by atoms with Crippen LogP contribution in [-0.2, 0) is 11.3 Å². The highest BCUT2D eigenvalue weighted by atomic mass is 16.1. The summed E-state index contributed by atoms with van der Waals surface area (Å²) in [7, 11) is 2.16. The summed E-state index contributed by atoms with van der Waals surface area (Å²) < 4.78 is 0. The molecule has 1 N–H and O–H groups in total. The predicted molar refractivity (Wildman–Crippen MR) is 92.4 cm³/mol. The van der Waals surface area contributed by atoms with Gasteiger partial charge in [-0.05, 0) is 31.5 Å². The third-order valence-electron chi connectivity index (χ3n) is 5.08. The molecule has 0 aromatic carbocycles. The number of carbonyl (C=O) groups is 1. The van der Waals surface area contributed by atoms with Crippen molar-refractivity contribution in [2.45, 2.75) is 38.6 Å². The third kappa shape index (κ3) is 4.44. The molecule has 2 fully saturated rings. The van der Waals surface area contributed by atoms with Gasteiger partial charge in [-0.2, -0.15) is 0 Å². The number of piperazine rings is 1. The van der Waals surface area contributed by atoms with Gasteiger partial charge in [0.15, 0.2) is 0 Å². The summed E-state index contributed by atoms with van der Waals surface area (Å²) in [5.74, 6) is 1.48. The van der Waals surface area contributed by atoms with Crippen molar-refractivity contribution in [3.05, 3.63) is 23.9 Å². The number of hydrogen-bond acceptors (Lipinski definition) is 4. The van der Waals surface area contributed by atoms with Crippen LogP contribution in [0.1, 0.15) is 37.7 Å². The molecule has 2 heterocycles. The second kappa shape index (κ2) is 7.77. The fourth-order valence-electron chi connectivity index (χ4n) is 3.44. The van der Waals surface area contributed by atoms with E-state index in [-0.39, 0.29) is 11.8 Å². The standard InChI is InChI=1S/C18H28N4O/c1-21-9-11-22(12-10-21)17-8-7-15(13-19-17)14-20-18(23)16-5-3-2-4-6-16/h7-8,13,16H,2-6,9-12,14H2,1H3,(H,20,23). The predicted octanol–water partition coefficient (Wildman–Crippen LogP) is 2.03. The van der Waals surface area contributed by atoms with Crippen molar-refractivity contribution in [1.82, 2.24) is 15.2 Å². The molecule has 2 aliphatic rings. The average Bonchev–Trinajstić information content (AvgIpc) is 2.61. The Morgan fingerprint density at radius 1 is 1.17 bits per heavy atom. The van der Waals surface area contributed by atoms with E-state index in [4.69, 9.17) is 0 Å². The molecule has 0 atom stereocenters. The van der Waals surface area contributed by atoms with Crippen LogP contribution in [0.2, 0.25) is 0 Å². The van der Waals surface area contributed by atoms with E-state index in [9.17, 15) is 4.79 Å². The van der Waals surface area contributed by atoms with E-state index in [1.54, 1.807) is 0 Å². The number of aromatic nitrogens is 1. The van der Waals surface area contributed by atoms with E-state index in [2.05, 4.69) is 39.3 Å². The minimum Gasteiger partial charge on any atom is -0.354 e. The normalized spacial score (nSPS) is 20.5. The number of rotatable bonds is 4. The Labute approximate surface area is 139 Å². The molecule has 1 saturated carbocycles. The highest BCUT2D eigenvalue weighted by molar-refractivity contribution is 5.78. The van der Waals surface area contributed by atoms with Gasteiger partial charge >= 0.3 is 0 Å². The Hall–Kier alpha value is -1.62. The summed E-state index contributed by atoms with van der Waals surface area (Å²) >= 11 is 0. The summed E-state index contributed by atoms with van der Waals surface area (Å²) in [5.41, 5.74) is 1.08. The lowest BCUT2D eigenvalue weighted by molar-refractivity contribution is -0.126. The van der Waals surface area contributed by atoms with Gasteiger partial charge in [0.2, 0.25) is 5.91 Å². The molecular weight excluding hydrogens is 288 g/mol. The fraction of sp³-hybridized carbons (Fsp3) is 0.667. The number of pyridine rings is 1. The highest BCUT2D eigenvalue weighted by Gasteiger charge is 2.20. The Morgan fingerprint density at radius 3 is 2.57 bits per heavy atom. The molecule has 1 amide bonds. The molecule has 0 bridgehead atoms. The van der Waals surface area contributed by atoms with Gasteiger partial charge in [-0.15, -0.1) is 0 Å². The maximum Gasteiger partial charge on any atom is 0.223 e. The molecular formula is C18H28N4O. The third-order valence-corrected chi connectivity index (χ3v) is 5.08. The van der Waals surface area contributed by atoms with E-state index in [1.165, 1.54) is 19.3 Å². The number of carbonyl (C=O) groups excluding carboxylic acids is 1. The number of amides is 1. The second-order valence-corrected chi connectivity index (χ2v) is 6.87. The summed E-state index contributed by atoms with van der Waals surface area (Å²) in [6.45, 7) is 4.82. The van der Waals surface area contributed by atoms with Crippen LogP contribution in [-0.4, -0.2) is 49.0 Å². The first-order valence-electron chi connectivity index (χ1n) is 8.88. The first-order chi connectivity index (χ1) is 11.2. The number of nitrogens with one attached hydrogen (secondary N) is 1. The van der Waals surface area contributed by atoms with E-state index in [1.807, 2.05) is 6.20 Å². The van der Waals surface area contributed by atoms with Crippen molar-refractivity contribution in [1.29, 1.82) is 0 Å². The SMILES string of the molecule is CN1CCN(c2ccc(CNC(=O)C3CCCCC3)cn2)CC1. The molecule has 1 saturated heterocycles. The van der Waals surface area contributed by atoms with Crippen LogP contribution < -0.4 is 10.2 Å². The van der Waals surface area contributed by atoms with E-state index in [0.29, 0.717) is 6.54 Å². The Morgan fingerprint density at radius 2 is 1.91 bits per heavy atom. The lowest BCUT2D eigenvalue weighted by atomic mass is 9.88. The molecule has 5 heteroatoms. The zero-order valence-corrected chi connectivity index (χ0v) is 14.1. The van der Waals surface area contributed by atoms with Crippen LogP contribution in [0.4, 0.5) is 5.82 Å². The van der Waals surface area contributed by atoms with Gasteiger partial charge in [0, 0.05) is 44.8 Å². The summed E-state index contributed by atoms with van der Waals surface area (Å²) in [6.07, 6.45) is 7.66. The molecule has 1 aromatic rings. The number of anilines is 1. The molecule has 1 aromatic heterocycles. The van der Waals surface area contributed by atoms with Gasteiger partial charge < -0.3 is 15.1 Å². The maximum atomic E-state index is 12.2. The topological polar surface area (TPSA) is 48.5 Å². The van der Waals surface area contributed by atoms with Gasteiger partial charge in [-0.25, -0.2) is 4.98 Å². The van der Waals surface area contributed by atoms with E-state index >= 15 is 0 Å². The molecule has 126 valence electrons. The molecule has 0 radical (unpaired) electrons. The van der Waals surface area contributed by atoms with Crippen LogP contribution >= 0.6 is 0 Å². The van der Waals surface area contributed by atoms with Crippen LogP contribution in [0.3, 0.4) is 0 Å². The molecule has 0 unspecified atom stereocenters. The van der Waals surface area contributed by atoms with Crippen LogP contribution in [0.25, 0.3) is 0 Å². The van der Waals surface area contributed by atoms with Crippen molar-refractivity contribution >= 4 is 11.7 Å². The summed E-state index contributed by atoms with van der Waals surface area (Å²) in [5, 5.41) is 3.07. The van der Waals surface area contributed by atoms with E-state index in [0.717, 1.165) is 50.4 Å². The monoisotopic (exact) mass is 316 g/mol. The smallest absolute Gasteiger partial charge is 0.223 e. The van der Waals surface area contributed by atoms with Gasteiger partial charge in [0.1, 0.15) is 5.82 Å². The van der Waals surface area contributed by atoms with Crippen LogP contribution in [0, 0.1) is 5.92 Å². The average molecular weight is 316 g/mol. The van der Waals surface area contributed by atoms with Crippen molar-refractivity contribution in [3.8, 4) is 0 Å². The van der Waals surface area contributed by atoms with Crippen molar-refractivity contribution in [3.63, 3.8) is 0 Å².